The van der Waals surface area contributed by atoms with Crippen LogP contribution in [0.4, 0.5) is 13.2 Å². The van der Waals surface area contributed by atoms with Crippen molar-refractivity contribution in [2.45, 2.75) is 32.8 Å². The number of nitrogens with one attached hydrogen (secondary N) is 2. The van der Waals surface area contributed by atoms with Gasteiger partial charge in [0.25, 0.3) is 0 Å². The van der Waals surface area contributed by atoms with Crippen LogP contribution in [0.5, 0.6) is 5.75 Å². The van der Waals surface area contributed by atoms with E-state index >= 15 is 0 Å². The molecule has 0 atom stereocenters. The minimum absolute atomic E-state index is 0. The van der Waals surface area contributed by atoms with Gasteiger partial charge in [0.1, 0.15) is 12.4 Å². The fourth-order valence-electron chi connectivity index (χ4n) is 2.57. The third-order valence-electron chi connectivity index (χ3n) is 3.96. The van der Waals surface area contributed by atoms with Crippen LogP contribution in [0.2, 0.25) is 0 Å². The summed E-state index contributed by atoms with van der Waals surface area (Å²) in [5.74, 6) is 1.47. The van der Waals surface area contributed by atoms with Crippen LogP contribution in [0.1, 0.15) is 23.6 Å². The highest BCUT2D eigenvalue weighted by Gasteiger charge is 2.27. The van der Waals surface area contributed by atoms with Crippen LogP contribution in [0.15, 0.2) is 53.5 Å². The summed E-state index contributed by atoms with van der Waals surface area (Å²) in [4.78, 5) is 4.20. The molecule has 2 rings (SSSR count). The molecule has 0 aliphatic heterocycles. The van der Waals surface area contributed by atoms with Gasteiger partial charge < -0.3 is 20.1 Å². The Morgan fingerprint density at radius 1 is 0.967 bits per heavy atom. The molecule has 0 aliphatic rings. The van der Waals surface area contributed by atoms with Gasteiger partial charge in [-0.3, -0.25) is 4.99 Å². The van der Waals surface area contributed by atoms with Gasteiger partial charge in [-0.25, -0.2) is 0 Å². The Morgan fingerprint density at radius 2 is 1.60 bits per heavy atom. The Labute approximate surface area is 192 Å². The van der Waals surface area contributed by atoms with E-state index in [1.54, 1.807) is 19.2 Å². The van der Waals surface area contributed by atoms with Crippen LogP contribution in [0.3, 0.4) is 0 Å². The van der Waals surface area contributed by atoms with Crippen molar-refractivity contribution in [3.05, 3.63) is 65.2 Å². The zero-order chi connectivity index (χ0) is 21.1. The fraction of sp³-hybridized carbons (Fsp3) is 0.381. The maximum absolute atomic E-state index is 12.1. The number of hydrogen-bond acceptors (Lipinski definition) is 3. The molecule has 0 bridgehead atoms. The molecule has 0 radical (unpaired) electrons. The average molecular weight is 537 g/mol. The SMILES string of the molecule is CCOc1ccccc1CNC(=NC)NCc1ccc(COCC(F)(F)F)cc1.I. The molecule has 166 valence electrons. The molecule has 30 heavy (non-hydrogen) atoms. The molecule has 2 aromatic rings. The van der Waals surface area contributed by atoms with E-state index in [2.05, 4.69) is 20.4 Å². The summed E-state index contributed by atoms with van der Waals surface area (Å²) in [6.45, 7) is 2.31. The summed E-state index contributed by atoms with van der Waals surface area (Å²) < 4.78 is 46.6. The lowest BCUT2D eigenvalue weighted by Crippen LogP contribution is -2.36. The van der Waals surface area contributed by atoms with Crippen LogP contribution in [-0.4, -0.2) is 32.4 Å². The quantitative estimate of drug-likeness (QED) is 0.278. The van der Waals surface area contributed by atoms with Gasteiger partial charge in [-0.1, -0.05) is 42.5 Å². The third kappa shape index (κ3) is 9.66. The summed E-state index contributed by atoms with van der Waals surface area (Å²) in [5, 5.41) is 6.45. The van der Waals surface area contributed by atoms with Crippen molar-refractivity contribution in [2.75, 3.05) is 20.3 Å². The lowest BCUT2D eigenvalue weighted by molar-refractivity contribution is -0.176. The van der Waals surface area contributed by atoms with Gasteiger partial charge in [-0.15, -0.1) is 24.0 Å². The summed E-state index contributed by atoms with van der Waals surface area (Å²) in [5.41, 5.74) is 2.69. The van der Waals surface area contributed by atoms with Crippen molar-refractivity contribution in [2.24, 2.45) is 4.99 Å². The van der Waals surface area contributed by atoms with Crippen molar-refractivity contribution in [1.29, 1.82) is 0 Å². The van der Waals surface area contributed by atoms with E-state index in [0.29, 0.717) is 31.2 Å². The number of para-hydroxylation sites is 1. The number of alkyl halides is 3. The standard InChI is InChI=1S/C21H26F3N3O2.HI/c1-3-29-19-7-5-4-6-18(19)13-27-20(25-2)26-12-16-8-10-17(11-9-16)14-28-15-21(22,23)24;/h4-11H,3,12-15H2,1-2H3,(H2,25,26,27);1H. The maximum atomic E-state index is 12.1. The van der Waals surface area contributed by atoms with Crippen molar-refractivity contribution in [3.8, 4) is 5.75 Å². The molecule has 2 N–H and O–H groups in total. The number of guanidine groups is 1. The van der Waals surface area contributed by atoms with Crippen LogP contribution in [0.25, 0.3) is 0 Å². The average Bonchev–Trinajstić information content (AvgIpc) is 2.69. The second-order valence-corrected chi connectivity index (χ2v) is 6.24. The van der Waals surface area contributed by atoms with E-state index in [4.69, 9.17) is 4.74 Å². The van der Waals surface area contributed by atoms with Crippen molar-refractivity contribution >= 4 is 29.9 Å². The van der Waals surface area contributed by atoms with Crippen molar-refractivity contribution < 1.29 is 22.6 Å². The Morgan fingerprint density at radius 3 is 2.23 bits per heavy atom. The van der Waals surface area contributed by atoms with Crippen LogP contribution < -0.4 is 15.4 Å². The molecular formula is C21H27F3IN3O2. The van der Waals surface area contributed by atoms with Crippen molar-refractivity contribution in [1.82, 2.24) is 10.6 Å². The second kappa shape index (κ2) is 13.3. The fourth-order valence-corrected chi connectivity index (χ4v) is 2.57. The highest BCUT2D eigenvalue weighted by atomic mass is 127. The van der Waals surface area contributed by atoms with Gasteiger partial charge in [-0.2, -0.15) is 13.2 Å². The normalized spacial score (nSPS) is 11.6. The number of ether oxygens (including phenoxy) is 2. The molecule has 5 nitrogen and oxygen atoms in total. The number of hydrogen-bond donors (Lipinski definition) is 2. The zero-order valence-electron chi connectivity index (χ0n) is 17.0. The van der Waals surface area contributed by atoms with Crippen LogP contribution in [-0.2, 0) is 24.4 Å². The van der Waals surface area contributed by atoms with E-state index in [9.17, 15) is 13.2 Å². The summed E-state index contributed by atoms with van der Waals surface area (Å²) in [7, 11) is 1.69. The lowest BCUT2D eigenvalue weighted by atomic mass is 10.1. The highest BCUT2D eigenvalue weighted by Crippen LogP contribution is 2.17. The molecule has 0 aliphatic carbocycles. The lowest BCUT2D eigenvalue weighted by Gasteiger charge is -2.14. The van der Waals surface area contributed by atoms with E-state index < -0.39 is 12.8 Å². The molecule has 0 unspecified atom stereocenters. The summed E-state index contributed by atoms with van der Waals surface area (Å²) in [6, 6.07) is 15.0. The highest BCUT2D eigenvalue weighted by molar-refractivity contribution is 14.0. The summed E-state index contributed by atoms with van der Waals surface area (Å²) in [6.07, 6.45) is -4.31. The molecule has 9 heteroatoms. The second-order valence-electron chi connectivity index (χ2n) is 6.24. The molecule has 0 heterocycles. The third-order valence-corrected chi connectivity index (χ3v) is 3.96. The van der Waals surface area contributed by atoms with E-state index in [0.717, 1.165) is 16.9 Å². The first-order valence-electron chi connectivity index (χ1n) is 9.29. The first-order valence-corrected chi connectivity index (χ1v) is 9.29. The van der Waals surface area contributed by atoms with Gasteiger partial charge in [0.2, 0.25) is 0 Å². The Balaban J connectivity index is 0.00000450. The van der Waals surface area contributed by atoms with Gasteiger partial charge in [0.05, 0.1) is 13.2 Å². The predicted molar refractivity (Wildman–Crippen MR) is 122 cm³/mol. The minimum Gasteiger partial charge on any atom is -0.494 e. The first-order chi connectivity index (χ1) is 13.9. The Bertz CT molecular complexity index is 784. The number of halogens is 4. The van der Waals surface area contributed by atoms with E-state index in [1.807, 2.05) is 43.3 Å². The Hall–Kier alpha value is -2.01. The van der Waals surface area contributed by atoms with Gasteiger partial charge >= 0.3 is 6.18 Å². The molecule has 0 spiro atoms. The van der Waals surface area contributed by atoms with Crippen LogP contribution >= 0.6 is 24.0 Å². The maximum Gasteiger partial charge on any atom is 0.411 e. The van der Waals surface area contributed by atoms with E-state index in [1.165, 1.54) is 0 Å². The van der Waals surface area contributed by atoms with Crippen LogP contribution in [0, 0.1) is 0 Å². The monoisotopic (exact) mass is 537 g/mol. The number of aliphatic imine (C=N–C) groups is 1. The molecule has 0 fully saturated rings. The molecule has 2 aromatic carbocycles. The zero-order valence-corrected chi connectivity index (χ0v) is 19.3. The van der Waals surface area contributed by atoms with Gasteiger partial charge in [0, 0.05) is 25.7 Å². The minimum atomic E-state index is -4.31. The molecular weight excluding hydrogens is 510 g/mol. The first kappa shape index (κ1) is 26.0. The van der Waals surface area contributed by atoms with Gasteiger partial charge in [-0.05, 0) is 24.1 Å². The molecule has 0 amide bonds. The Kier molecular flexibility index (Phi) is 11.6. The number of rotatable bonds is 9. The van der Waals surface area contributed by atoms with Crippen molar-refractivity contribution in [3.63, 3.8) is 0 Å². The van der Waals surface area contributed by atoms with Gasteiger partial charge in [0.15, 0.2) is 5.96 Å². The molecule has 0 saturated heterocycles. The number of nitrogens with zero attached hydrogens (tertiary/aromatic N) is 1. The largest absolute Gasteiger partial charge is 0.494 e. The van der Waals surface area contributed by atoms with E-state index in [-0.39, 0.29) is 30.6 Å². The molecule has 0 aromatic heterocycles. The topological polar surface area (TPSA) is 54.9 Å². The smallest absolute Gasteiger partial charge is 0.411 e. The predicted octanol–water partition coefficient (Wildman–Crippen LogP) is 4.65. The number of benzene rings is 2. The molecule has 0 saturated carbocycles. The summed E-state index contributed by atoms with van der Waals surface area (Å²) >= 11 is 0.